The Morgan fingerprint density at radius 2 is 1.48 bits per heavy atom. The number of nitrogen functional groups attached to an aromatic ring is 1. The summed E-state index contributed by atoms with van der Waals surface area (Å²) in [6.45, 7) is 13.0. The highest BCUT2D eigenvalue weighted by Crippen LogP contribution is 2.33. The third-order valence-corrected chi connectivity index (χ3v) is 5.73. The van der Waals surface area contributed by atoms with Crippen molar-refractivity contribution in [1.82, 2.24) is 0 Å². The van der Waals surface area contributed by atoms with Crippen LogP contribution in [0.3, 0.4) is 0 Å². The number of anilines is 1. The standard InChI is InChI=1S/C28H34N2O/c1-17(2)25-14-22(10-19(5)27(25)29)12-23-11-20(6)28(26(15-23)18(3)4)30-16-21-8-7-9-24(31)13-21/h7-11,13-18,31H,12,29H2,1-6H3. The predicted octanol–water partition coefficient (Wildman–Crippen LogP) is 7.18. The molecule has 3 aromatic carbocycles. The normalized spacial score (nSPS) is 11.7. The molecule has 162 valence electrons. The smallest absolute Gasteiger partial charge is 0.116 e. The quantitative estimate of drug-likeness (QED) is 0.331. The summed E-state index contributed by atoms with van der Waals surface area (Å²) < 4.78 is 0. The van der Waals surface area contributed by atoms with Crippen LogP contribution < -0.4 is 5.73 Å². The molecular formula is C28H34N2O. The Labute approximate surface area is 186 Å². The molecule has 0 fully saturated rings. The molecule has 0 bridgehead atoms. The van der Waals surface area contributed by atoms with Crippen molar-refractivity contribution in [1.29, 1.82) is 0 Å². The van der Waals surface area contributed by atoms with Gasteiger partial charge in [-0.05, 0) is 83.2 Å². The van der Waals surface area contributed by atoms with Crippen molar-refractivity contribution in [3.63, 3.8) is 0 Å². The van der Waals surface area contributed by atoms with Crippen LogP contribution in [0, 0.1) is 13.8 Å². The van der Waals surface area contributed by atoms with E-state index in [1.807, 2.05) is 18.3 Å². The van der Waals surface area contributed by atoms with Crippen LogP contribution in [0.25, 0.3) is 0 Å². The Morgan fingerprint density at radius 3 is 2.10 bits per heavy atom. The maximum Gasteiger partial charge on any atom is 0.116 e. The lowest BCUT2D eigenvalue weighted by Crippen LogP contribution is -2.02. The van der Waals surface area contributed by atoms with Crippen LogP contribution in [0.1, 0.15) is 78.5 Å². The second-order valence-electron chi connectivity index (χ2n) is 9.11. The predicted molar refractivity (Wildman–Crippen MR) is 133 cm³/mol. The SMILES string of the molecule is Cc1cc(Cc2cc(C)c(N=Cc3cccc(O)c3)c(C(C)C)c2)cc(C(C)C)c1N. The molecule has 3 nitrogen and oxygen atoms in total. The second-order valence-corrected chi connectivity index (χ2v) is 9.11. The number of phenols is 1. The lowest BCUT2D eigenvalue weighted by atomic mass is 9.90. The summed E-state index contributed by atoms with van der Waals surface area (Å²) in [6, 6.07) is 16.1. The molecule has 0 heterocycles. The topological polar surface area (TPSA) is 58.6 Å². The van der Waals surface area contributed by atoms with Gasteiger partial charge in [0, 0.05) is 11.9 Å². The van der Waals surface area contributed by atoms with E-state index in [1.54, 1.807) is 12.1 Å². The summed E-state index contributed by atoms with van der Waals surface area (Å²) in [5.74, 6) is 1.01. The fraction of sp³-hybridized carbons (Fsp3) is 0.321. The number of aliphatic imine (C=N–C) groups is 1. The average Bonchev–Trinajstić information content (AvgIpc) is 2.69. The molecule has 0 saturated carbocycles. The van der Waals surface area contributed by atoms with E-state index in [-0.39, 0.29) is 5.75 Å². The zero-order valence-electron chi connectivity index (χ0n) is 19.5. The van der Waals surface area contributed by atoms with Gasteiger partial charge in [-0.3, -0.25) is 4.99 Å². The Morgan fingerprint density at radius 1 is 0.871 bits per heavy atom. The lowest BCUT2D eigenvalue weighted by molar-refractivity contribution is 0.475. The average molecular weight is 415 g/mol. The van der Waals surface area contributed by atoms with Crippen LogP contribution in [0.2, 0.25) is 0 Å². The molecule has 3 aromatic rings. The maximum atomic E-state index is 9.71. The van der Waals surface area contributed by atoms with Gasteiger partial charge < -0.3 is 10.8 Å². The monoisotopic (exact) mass is 414 g/mol. The van der Waals surface area contributed by atoms with Gasteiger partial charge in [0.05, 0.1) is 5.69 Å². The number of aromatic hydroxyl groups is 1. The summed E-state index contributed by atoms with van der Waals surface area (Å²) in [5.41, 5.74) is 16.5. The first-order valence-corrected chi connectivity index (χ1v) is 11.0. The number of benzene rings is 3. The van der Waals surface area contributed by atoms with Crippen LogP contribution >= 0.6 is 0 Å². The van der Waals surface area contributed by atoms with Crippen molar-refractivity contribution in [2.75, 3.05) is 5.73 Å². The minimum absolute atomic E-state index is 0.250. The van der Waals surface area contributed by atoms with Crippen LogP contribution in [-0.2, 0) is 6.42 Å². The van der Waals surface area contributed by atoms with Crippen LogP contribution in [-0.4, -0.2) is 11.3 Å². The Hall–Kier alpha value is -3.07. The fourth-order valence-electron chi connectivity index (χ4n) is 4.06. The lowest BCUT2D eigenvalue weighted by Gasteiger charge is -2.17. The van der Waals surface area contributed by atoms with E-state index >= 15 is 0 Å². The molecule has 0 atom stereocenters. The highest BCUT2D eigenvalue weighted by Gasteiger charge is 2.13. The van der Waals surface area contributed by atoms with Crippen molar-refractivity contribution < 1.29 is 5.11 Å². The van der Waals surface area contributed by atoms with Crippen molar-refractivity contribution in [3.8, 4) is 5.75 Å². The van der Waals surface area contributed by atoms with Gasteiger partial charge >= 0.3 is 0 Å². The number of hydrogen-bond acceptors (Lipinski definition) is 3. The summed E-state index contributed by atoms with van der Waals surface area (Å²) in [4.78, 5) is 4.80. The first-order chi connectivity index (χ1) is 14.7. The second kappa shape index (κ2) is 9.38. The molecule has 0 aliphatic carbocycles. The fourth-order valence-corrected chi connectivity index (χ4v) is 4.06. The molecule has 3 rings (SSSR count). The number of aryl methyl sites for hydroxylation is 2. The summed E-state index contributed by atoms with van der Waals surface area (Å²) in [5, 5.41) is 9.71. The molecule has 3 N–H and O–H groups in total. The van der Waals surface area contributed by atoms with E-state index in [0.29, 0.717) is 11.8 Å². The van der Waals surface area contributed by atoms with Gasteiger partial charge in [0.15, 0.2) is 0 Å². The molecule has 0 aromatic heterocycles. The van der Waals surface area contributed by atoms with E-state index in [4.69, 9.17) is 10.7 Å². The summed E-state index contributed by atoms with van der Waals surface area (Å²) >= 11 is 0. The number of nitrogens with zero attached hydrogens (tertiary/aromatic N) is 1. The van der Waals surface area contributed by atoms with E-state index in [2.05, 4.69) is 65.8 Å². The number of phenolic OH excluding ortho intramolecular Hbond substituents is 1. The largest absolute Gasteiger partial charge is 0.508 e. The molecule has 0 aliphatic heterocycles. The number of rotatable bonds is 6. The van der Waals surface area contributed by atoms with Gasteiger partial charge in [-0.15, -0.1) is 0 Å². The van der Waals surface area contributed by atoms with Crippen molar-refractivity contribution in [2.45, 2.75) is 59.8 Å². The van der Waals surface area contributed by atoms with E-state index < -0.39 is 0 Å². The highest BCUT2D eigenvalue weighted by molar-refractivity contribution is 5.83. The Kier molecular flexibility index (Phi) is 6.84. The van der Waals surface area contributed by atoms with Gasteiger partial charge in [-0.2, -0.15) is 0 Å². The van der Waals surface area contributed by atoms with Crippen LogP contribution in [0.5, 0.6) is 5.75 Å². The van der Waals surface area contributed by atoms with Gasteiger partial charge in [-0.25, -0.2) is 0 Å². The minimum atomic E-state index is 0.250. The van der Waals surface area contributed by atoms with Crippen LogP contribution in [0.4, 0.5) is 11.4 Å². The summed E-state index contributed by atoms with van der Waals surface area (Å²) in [7, 11) is 0. The molecular weight excluding hydrogens is 380 g/mol. The number of hydrogen-bond donors (Lipinski definition) is 2. The summed E-state index contributed by atoms with van der Waals surface area (Å²) in [6.07, 6.45) is 2.70. The van der Waals surface area contributed by atoms with E-state index in [0.717, 1.165) is 34.5 Å². The molecule has 0 amide bonds. The van der Waals surface area contributed by atoms with Crippen LogP contribution in [0.15, 0.2) is 53.5 Å². The van der Waals surface area contributed by atoms with Gasteiger partial charge in [-0.1, -0.05) is 64.1 Å². The van der Waals surface area contributed by atoms with Crippen molar-refractivity contribution >= 4 is 17.6 Å². The molecule has 3 heteroatoms. The van der Waals surface area contributed by atoms with Crippen molar-refractivity contribution in [3.05, 3.63) is 87.5 Å². The number of nitrogens with two attached hydrogens (primary N) is 1. The minimum Gasteiger partial charge on any atom is -0.508 e. The van der Waals surface area contributed by atoms with Gasteiger partial charge in [0.25, 0.3) is 0 Å². The molecule has 0 unspecified atom stereocenters. The molecule has 0 saturated heterocycles. The Bertz CT molecular complexity index is 1110. The maximum absolute atomic E-state index is 9.71. The van der Waals surface area contributed by atoms with Gasteiger partial charge in [0.2, 0.25) is 0 Å². The zero-order valence-corrected chi connectivity index (χ0v) is 19.5. The Balaban J connectivity index is 1.97. The first-order valence-electron chi connectivity index (χ1n) is 11.0. The highest BCUT2D eigenvalue weighted by atomic mass is 16.3. The zero-order chi connectivity index (χ0) is 22.7. The van der Waals surface area contributed by atoms with E-state index in [9.17, 15) is 5.11 Å². The molecule has 0 radical (unpaired) electrons. The van der Waals surface area contributed by atoms with E-state index in [1.165, 1.54) is 22.3 Å². The molecule has 0 aliphatic rings. The third-order valence-electron chi connectivity index (χ3n) is 5.73. The molecule has 0 spiro atoms. The molecule has 31 heavy (non-hydrogen) atoms. The first kappa shape index (κ1) is 22.6. The third kappa shape index (κ3) is 5.35. The van der Waals surface area contributed by atoms with Gasteiger partial charge in [0.1, 0.15) is 5.75 Å². The van der Waals surface area contributed by atoms with Crippen molar-refractivity contribution in [2.24, 2.45) is 4.99 Å².